The smallest absolute Gasteiger partial charge is 0.388 e. The van der Waals surface area contributed by atoms with Gasteiger partial charge in [0.1, 0.15) is 11.7 Å². The third-order valence-electron chi connectivity index (χ3n) is 5.15. The van der Waals surface area contributed by atoms with Crippen molar-refractivity contribution in [3.05, 3.63) is 64.7 Å². The van der Waals surface area contributed by atoms with Crippen LogP contribution in [0.1, 0.15) is 17.5 Å². The molecule has 1 heterocycles. The molecule has 10 heteroatoms. The maximum absolute atomic E-state index is 13.3. The van der Waals surface area contributed by atoms with Crippen molar-refractivity contribution < 1.29 is 31.4 Å². The van der Waals surface area contributed by atoms with E-state index in [0.29, 0.717) is 0 Å². The zero-order chi connectivity index (χ0) is 21.4. The lowest BCUT2D eigenvalue weighted by Crippen LogP contribution is -2.55. The van der Waals surface area contributed by atoms with Gasteiger partial charge in [0.25, 0.3) is 0 Å². The summed E-state index contributed by atoms with van der Waals surface area (Å²) in [4.78, 5) is 0.0722. The molecule has 3 rings (SSSR count). The fourth-order valence-electron chi connectivity index (χ4n) is 3.55. The van der Waals surface area contributed by atoms with E-state index in [4.69, 9.17) is 16.3 Å². The van der Waals surface area contributed by atoms with E-state index in [1.807, 2.05) is 0 Å². The van der Waals surface area contributed by atoms with E-state index in [2.05, 4.69) is 0 Å². The molecule has 2 atom stereocenters. The lowest BCUT2D eigenvalue weighted by molar-refractivity contribution is -0.142. The number of methoxy groups -OCH3 is 1. The van der Waals surface area contributed by atoms with Gasteiger partial charge in [0.15, 0.2) is 0 Å². The van der Waals surface area contributed by atoms with Crippen molar-refractivity contribution in [2.45, 2.75) is 29.2 Å². The average Bonchev–Trinajstić information content (AvgIpc) is 2.68. The Kier molecular flexibility index (Phi) is 5.99. The average molecular weight is 450 g/mol. The van der Waals surface area contributed by atoms with Crippen LogP contribution in [0.4, 0.5) is 13.2 Å². The Balaban J connectivity index is 1.94. The molecule has 5 nitrogen and oxygen atoms in total. The topological polar surface area (TPSA) is 66.8 Å². The van der Waals surface area contributed by atoms with Gasteiger partial charge in [0, 0.05) is 20.2 Å². The molecule has 0 radical (unpaired) electrons. The molecule has 29 heavy (non-hydrogen) atoms. The number of piperidine rings is 1. The predicted octanol–water partition coefficient (Wildman–Crippen LogP) is 3.66. The first kappa shape index (κ1) is 22.0. The molecule has 0 aromatic heterocycles. The third-order valence-corrected chi connectivity index (χ3v) is 7.36. The van der Waals surface area contributed by atoms with Crippen LogP contribution in [0.3, 0.4) is 0 Å². The molecule has 2 aromatic carbocycles. The molecule has 1 fully saturated rings. The van der Waals surface area contributed by atoms with Crippen LogP contribution in [0, 0.1) is 0 Å². The van der Waals surface area contributed by atoms with E-state index >= 15 is 0 Å². The zero-order valence-corrected chi connectivity index (χ0v) is 16.9. The number of nitrogens with zero attached hydrogens (tertiary/aromatic N) is 1. The molecule has 158 valence electrons. The van der Waals surface area contributed by atoms with Crippen molar-refractivity contribution in [1.82, 2.24) is 4.31 Å². The van der Waals surface area contributed by atoms with Gasteiger partial charge in [-0.2, -0.15) is 17.5 Å². The quantitative estimate of drug-likeness (QED) is 0.773. The molecule has 0 saturated carbocycles. The van der Waals surface area contributed by atoms with E-state index in [-0.39, 0.29) is 30.0 Å². The summed E-state index contributed by atoms with van der Waals surface area (Å²) in [6.07, 6.45) is -6.10. The highest BCUT2D eigenvalue weighted by atomic mass is 35.5. The van der Waals surface area contributed by atoms with Crippen LogP contribution in [0.2, 0.25) is 5.02 Å². The summed E-state index contributed by atoms with van der Waals surface area (Å²) >= 11 is 5.68. The fraction of sp³-hybridized carbons (Fsp3) is 0.368. The maximum Gasteiger partial charge on any atom is 0.417 e. The van der Waals surface area contributed by atoms with Crippen LogP contribution in [0.15, 0.2) is 53.4 Å². The predicted molar refractivity (Wildman–Crippen MR) is 101 cm³/mol. The Labute approximate surface area is 171 Å². The van der Waals surface area contributed by atoms with Crippen LogP contribution in [0.5, 0.6) is 0 Å². The molecule has 1 N–H and O–H groups in total. The standard InChI is InChI=1S/C19H19ClF3NO4S/c1-28-18(13-7-8-16(20)15(11-13)19(21,22)23)9-10-24(12-17(18)25)29(26,27)14-5-3-2-4-6-14/h2-8,11,17,25H,9-10,12H2,1H3/t17-,18+/m0/s1. The highest BCUT2D eigenvalue weighted by Crippen LogP contribution is 2.42. The van der Waals surface area contributed by atoms with Gasteiger partial charge >= 0.3 is 6.18 Å². The number of aliphatic hydroxyl groups is 1. The van der Waals surface area contributed by atoms with Crippen LogP contribution >= 0.6 is 11.6 Å². The van der Waals surface area contributed by atoms with Crippen LogP contribution in [-0.2, 0) is 26.5 Å². The second-order valence-corrected chi connectivity index (χ2v) is 9.07. The summed E-state index contributed by atoms with van der Waals surface area (Å²) < 4.78 is 71.9. The largest absolute Gasteiger partial charge is 0.417 e. The SMILES string of the molecule is CO[C@@]1(c2ccc(Cl)c(C(F)(F)F)c2)CCN(S(=O)(=O)c2ccccc2)C[C@@H]1O. The van der Waals surface area contributed by atoms with E-state index in [0.717, 1.165) is 16.4 Å². The Morgan fingerprint density at radius 1 is 1.21 bits per heavy atom. The maximum atomic E-state index is 13.3. The van der Waals surface area contributed by atoms with Crippen molar-refractivity contribution in [3.8, 4) is 0 Å². The number of hydrogen-bond acceptors (Lipinski definition) is 4. The zero-order valence-electron chi connectivity index (χ0n) is 15.4. The number of rotatable bonds is 4. The summed E-state index contributed by atoms with van der Waals surface area (Å²) in [5.74, 6) is 0. The Morgan fingerprint density at radius 2 is 1.86 bits per heavy atom. The molecule has 0 aliphatic carbocycles. The molecule has 1 aliphatic heterocycles. The minimum atomic E-state index is -4.68. The number of β-amino-alcohol motifs (C(OH)–C–C–N with tert-alkyl or cyclic N) is 1. The van der Waals surface area contributed by atoms with Gasteiger partial charge in [-0.25, -0.2) is 8.42 Å². The van der Waals surface area contributed by atoms with Crippen LogP contribution in [-0.4, -0.2) is 44.1 Å². The molecular weight excluding hydrogens is 431 g/mol. The van der Waals surface area contributed by atoms with E-state index in [9.17, 15) is 26.7 Å². The van der Waals surface area contributed by atoms with Crippen molar-refractivity contribution in [2.24, 2.45) is 0 Å². The summed E-state index contributed by atoms with van der Waals surface area (Å²) in [6.45, 7) is -0.360. The van der Waals surface area contributed by atoms with Crippen molar-refractivity contribution >= 4 is 21.6 Å². The highest BCUT2D eigenvalue weighted by molar-refractivity contribution is 7.89. The molecule has 1 aliphatic rings. The summed E-state index contributed by atoms with van der Waals surface area (Å²) in [7, 11) is -2.59. The number of ether oxygens (including phenoxy) is 1. The van der Waals surface area contributed by atoms with E-state index in [1.54, 1.807) is 18.2 Å². The van der Waals surface area contributed by atoms with E-state index < -0.39 is 38.5 Å². The number of alkyl halides is 3. The first-order chi connectivity index (χ1) is 13.5. The van der Waals surface area contributed by atoms with Gasteiger partial charge in [-0.15, -0.1) is 0 Å². The Hall–Kier alpha value is -1.65. The van der Waals surface area contributed by atoms with Crippen molar-refractivity contribution in [2.75, 3.05) is 20.2 Å². The van der Waals surface area contributed by atoms with Crippen molar-refractivity contribution in [3.63, 3.8) is 0 Å². The molecule has 0 amide bonds. The molecular formula is C19H19ClF3NO4S. The second-order valence-electron chi connectivity index (χ2n) is 6.73. The minimum absolute atomic E-state index is 0.0321. The minimum Gasteiger partial charge on any atom is -0.388 e. The Morgan fingerprint density at radius 3 is 2.41 bits per heavy atom. The first-order valence-corrected chi connectivity index (χ1v) is 10.5. The van der Waals surface area contributed by atoms with Crippen LogP contribution in [0.25, 0.3) is 0 Å². The number of benzene rings is 2. The van der Waals surface area contributed by atoms with Gasteiger partial charge in [-0.1, -0.05) is 35.9 Å². The van der Waals surface area contributed by atoms with Gasteiger partial charge in [-0.05, 0) is 36.2 Å². The van der Waals surface area contributed by atoms with Crippen molar-refractivity contribution in [1.29, 1.82) is 0 Å². The molecule has 0 bridgehead atoms. The lowest BCUT2D eigenvalue weighted by atomic mass is 9.82. The number of aliphatic hydroxyl groups excluding tert-OH is 1. The Bertz CT molecular complexity index is 985. The normalized spacial score (nSPS) is 23.9. The van der Waals surface area contributed by atoms with E-state index in [1.165, 1.54) is 25.3 Å². The highest BCUT2D eigenvalue weighted by Gasteiger charge is 2.48. The summed E-state index contributed by atoms with van der Waals surface area (Å²) in [5, 5.41) is 10.3. The molecule has 0 spiro atoms. The van der Waals surface area contributed by atoms with Crippen LogP contribution < -0.4 is 0 Å². The fourth-order valence-corrected chi connectivity index (χ4v) is 5.24. The molecule has 0 unspecified atom stereocenters. The number of halogens is 4. The monoisotopic (exact) mass is 449 g/mol. The third kappa shape index (κ3) is 4.02. The van der Waals surface area contributed by atoms with Gasteiger partial charge < -0.3 is 9.84 Å². The lowest BCUT2D eigenvalue weighted by Gasteiger charge is -2.44. The second kappa shape index (κ2) is 7.88. The number of hydrogen-bond donors (Lipinski definition) is 1. The van der Waals surface area contributed by atoms with Gasteiger partial charge in [-0.3, -0.25) is 0 Å². The van der Waals surface area contributed by atoms with Gasteiger partial charge in [0.05, 0.1) is 15.5 Å². The summed E-state index contributed by atoms with van der Waals surface area (Å²) in [6, 6.07) is 11.0. The van der Waals surface area contributed by atoms with Gasteiger partial charge in [0.2, 0.25) is 10.0 Å². The number of sulfonamides is 1. The summed E-state index contributed by atoms with van der Waals surface area (Å²) in [5.41, 5.74) is -2.45. The molecule has 2 aromatic rings. The molecule has 1 saturated heterocycles. The first-order valence-electron chi connectivity index (χ1n) is 8.68.